The predicted molar refractivity (Wildman–Crippen MR) is 87.8 cm³/mol. The van der Waals surface area contributed by atoms with Crippen molar-refractivity contribution < 1.29 is 14.3 Å². The molecular weight excluding hydrogens is 294 g/mol. The average Bonchev–Trinajstić information content (AvgIpc) is 2.56. The monoisotopic (exact) mass is 311 g/mol. The molecule has 0 spiro atoms. The highest BCUT2D eigenvalue weighted by atomic mass is 16.5. The third-order valence-electron chi connectivity index (χ3n) is 4.27. The minimum Gasteiger partial charge on any atom is -0.508 e. The van der Waals surface area contributed by atoms with Crippen LogP contribution in [0.2, 0.25) is 0 Å². The van der Waals surface area contributed by atoms with Gasteiger partial charge in [0.1, 0.15) is 11.3 Å². The van der Waals surface area contributed by atoms with Crippen LogP contribution in [0.4, 0.5) is 0 Å². The van der Waals surface area contributed by atoms with Crippen LogP contribution in [0, 0.1) is 0 Å². The summed E-state index contributed by atoms with van der Waals surface area (Å²) in [6.07, 6.45) is 0. The summed E-state index contributed by atoms with van der Waals surface area (Å²) in [5.41, 5.74) is 1.12. The Bertz CT molecular complexity index is 925. The summed E-state index contributed by atoms with van der Waals surface area (Å²) in [4.78, 5) is 14.6. The van der Waals surface area contributed by atoms with Crippen LogP contribution in [0.3, 0.4) is 0 Å². The van der Waals surface area contributed by atoms with Crippen molar-refractivity contribution in [2.75, 3.05) is 26.3 Å². The lowest BCUT2D eigenvalue weighted by Gasteiger charge is -2.26. The van der Waals surface area contributed by atoms with Gasteiger partial charge in [-0.3, -0.25) is 4.90 Å². The topological polar surface area (TPSA) is 62.9 Å². The molecule has 3 aromatic rings. The van der Waals surface area contributed by atoms with Crippen LogP contribution in [0.1, 0.15) is 5.56 Å². The van der Waals surface area contributed by atoms with Crippen molar-refractivity contribution in [2.24, 2.45) is 0 Å². The van der Waals surface area contributed by atoms with E-state index in [1.807, 2.05) is 18.2 Å². The predicted octanol–water partition coefficient (Wildman–Crippen LogP) is 2.48. The maximum absolute atomic E-state index is 12.3. The molecule has 5 nitrogen and oxygen atoms in total. The van der Waals surface area contributed by atoms with Gasteiger partial charge < -0.3 is 14.3 Å². The first-order valence-electron chi connectivity index (χ1n) is 7.69. The Labute approximate surface area is 132 Å². The molecule has 23 heavy (non-hydrogen) atoms. The summed E-state index contributed by atoms with van der Waals surface area (Å²) in [5, 5.41) is 11.8. The van der Waals surface area contributed by atoms with E-state index in [2.05, 4.69) is 4.90 Å². The Morgan fingerprint density at radius 1 is 1.00 bits per heavy atom. The Kier molecular flexibility index (Phi) is 3.52. The molecule has 2 aromatic carbocycles. The SMILES string of the molecule is O=c1oc2cc(O)ccc2c2ccc(CN3CCOCC3)cc12. The van der Waals surface area contributed by atoms with E-state index in [0.717, 1.165) is 49.2 Å². The van der Waals surface area contributed by atoms with Crippen molar-refractivity contribution >= 4 is 21.7 Å². The van der Waals surface area contributed by atoms with E-state index in [-0.39, 0.29) is 11.4 Å². The highest BCUT2D eigenvalue weighted by Crippen LogP contribution is 2.26. The van der Waals surface area contributed by atoms with Crippen molar-refractivity contribution in [3.05, 3.63) is 52.4 Å². The number of phenols is 1. The zero-order valence-electron chi connectivity index (χ0n) is 12.6. The molecule has 0 bridgehead atoms. The molecule has 1 aromatic heterocycles. The number of nitrogens with zero attached hydrogens (tertiary/aromatic N) is 1. The van der Waals surface area contributed by atoms with Crippen molar-refractivity contribution in [3.63, 3.8) is 0 Å². The standard InChI is InChI=1S/C18H17NO4/c20-13-2-4-15-14-3-1-12(11-19-5-7-22-8-6-19)9-16(14)18(21)23-17(15)10-13/h1-4,9-10,20H,5-8,11H2. The summed E-state index contributed by atoms with van der Waals surface area (Å²) in [5.74, 6) is 0.0870. The normalized spacial score (nSPS) is 16.2. The molecule has 1 N–H and O–H groups in total. The highest BCUT2D eigenvalue weighted by molar-refractivity contribution is 6.04. The first-order chi connectivity index (χ1) is 11.2. The Morgan fingerprint density at radius 3 is 2.61 bits per heavy atom. The number of rotatable bonds is 2. The van der Waals surface area contributed by atoms with Gasteiger partial charge in [0.25, 0.3) is 0 Å². The number of hydrogen-bond donors (Lipinski definition) is 1. The number of hydrogen-bond acceptors (Lipinski definition) is 5. The molecule has 5 heteroatoms. The molecule has 0 atom stereocenters. The molecular formula is C18H17NO4. The molecule has 0 amide bonds. The van der Waals surface area contributed by atoms with E-state index in [9.17, 15) is 9.90 Å². The van der Waals surface area contributed by atoms with Gasteiger partial charge in [-0.1, -0.05) is 12.1 Å². The second-order valence-corrected chi connectivity index (χ2v) is 5.84. The number of aromatic hydroxyl groups is 1. The van der Waals surface area contributed by atoms with Gasteiger partial charge in [-0.05, 0) is 29.1 Å². The summed E-state index contributed by atoms with van der Waals surface area (Å²) < 4.78 is 10.7. The fraction of sp³-hybridized carbons (Fsp3) is 0.278. The van der Waals surface area contributed by atoms with E-state index in [1.165, 1.54) is 6.07 Å². The van der Waals surface area contributed by atoms with Crippen molar-refractivity contribution in [2.45, 2.75) is 6.54 Å². The molecule has 0 radical (unpaired) electrons. The third-order valence-corrected chi connectivity index (χ3v) is 4.27. The van der Waals surface area contributed by atoms with Gasteiger partial charge in [0.2, 0.25) is 0 Å². The Hall–Kier alpha value is -2.37. The van der Waals surface area contributed by atoms with Crippen molar-refractivity contribution in [1.29, 1.82) is 0 Å². The third kappa shape index (κ3) is 2.69. The Balaban J connectivity index is 1.79. The molecule has 4 rings (SSSR count). The Morgan fingerprint density at radius 2 is 1.78 bits per heavy atom. The number of benzene rings is 2. The average molecular weight is 311 g/mol. The van der Waals surface area contributed by atoms with Crippen molar-refractivity contribution in [3.8, 4) is 5.75 Å². The van der Waals surface area contributed by atoms with Gasteiger partial charge in [-0.2, -0.15) is 0 Å². The number of ether oxygens (including phenoxy) is 1. The molecule has 1 aliphatic rings. The van der Waals surface area contributed by atoms with E-state index in [0.29, 0.717) is 11.0 Å². The number of fused-ring (bicyclic) bond motifs is 3. The fourth-order valence-corrected chi connectivity index (χ4v) is 3.08. The summed E-state index contributed by atoms with van der Waals surface area (Å²) in [6.45, 7) is 4.12. The molecule has 0 unspecified atom stereocenters. The highest BCUT2D eigenvalue weighted by Gasteiger charge is 2.13. The molecule has 1 aliphatic heterocycles. The minimum atomic E-state index is -0.373. The van der Waals surface area contributed by atoms with Crippen LogP contribution in [0.5, 0.6) is 5.75 Å². The molecule has 1 saturated heterocycles. The van der Waals surface area contributed by atoms with Crippen LogP contribution in [-0.4, -0.2) is 36.3 Å². The largest absolute Gasteiger partial charge is 0.508 e. The van der Waals surface area contributed by atoms with Gasteiger partial charge in [0, 0.05) is 31.1 Å². The molecule has 2 heterocycles. The van der Waals surface area contributed by atoms with E-state index in [4.69, 9.17) is 9.15 Å². The van der Waals surface area contributed by atoms with E-state index in [1.54, 1.807) is 12.1 Å². The number of morpholine rings is 1. The van der Waals surface area contributed by atoms with Gasteiger partial charge in [-0.25, -0.2) is 4.79 Å². The molecule has 0 saturated carbocycles. The quantitative estimate of drug-likeness (QED) is 0.582. The fourth-order valence-electron chi connectivity index (χ4n) is 3.08. The zero-order valence-corrected chi connectivity index (χ0v) is 12.6. The van der Waals surface area contributed by atoms with Gasteiger partial charge >= 0.3 is 5.63 Å². The smallest absolute Gasteiger partial charge is 0.344 e. The first-order valence-corrected chi connectivity index (χ1v) is 7.69. The minimum absolute atomic E-state index is 0.0870. The van der Waals surface area contributed by atoms with Crippen LogP contribution in [-0.2, 0) is 11.3 Å². The van der Waals surface area contributed by atoms with Crippen LogP contribution in [0.15, 0.2) is 45.6 Å². The first kappa shape index (κ1) is 14.2. The molecule has 1 fully saturated rings. The molecule has 118 valence electrons. The maximum Gasteiger partial charge on any atom is 0.344 e. The zero-order chi connectivity index (χ0) is 15.8. The maximum atomic E-state index is 12.3. The van der Waals surface area contributed by atoms with Crippen LogP contribution >= 0.6 is 0 Å². The van der Waals surface area contributed by atoms with Gasteiger partial charge in [0.05, 0.1) is 18.6 Å². The second kappa shape index (κ2) is 5.68. The lowest BCUT2D eigenvalue weighted by Crippen LogP contribution is -2.35. The van der Waals surface area contributed by atoms with Crippen LogP contribution < -0.4 is 5.63 Å². The van der Waals surface area contributed by atoms with Crippen molar-refractivity contribution in [1.82, 2.24) is 4.90 Å². The summed E-state index contributed by atoms with van der Waals surface area (Å²) in [7, 11) is 0. The summed E-state index contributed by atoms with van der Waals surface area (Å²) in [6, 6.07) is 10.8. The molecule has 0 aliphatic carbocycles. The lowest BCUT2D eigenvalue weighted by molar-refractivity contribution is 0.0342. The number of phenolic OH excluding ortho intramolecular Hbond substituents is 1. The van der Waals surface area contributed by atoms with Crippen LogP contribution in [0.25, 0.3) is 21.7 Å². The van der Waals surface area contributed by atoms with E-state index >= 15 is 0 Å². The van der Waals surface area contributed by atoms with Gasteiger partial charge in [-0.15, -0.1) is 0 Å². The van der Waals surface area contributed by atoms with E-state index < -0.39 is 0 Å². The van der Waals surface area contributed by atoms with Gasteiger partial charge in [0.15, 0.2) is 0 Å². The lowest BCUT2D eigenvalue weighted by atomic mass is 10.0. The summed E-state index contributed by atoms with van der Waals surface area (Å²) >= 11 is 0. The second-order valence-electron chi connectivity index (χ2n) is 5.84.